The van der Waals surface area contributed by atoms with Gasteiger partial charge in [0.1, 0.15) is 35.6 Å². The molecule has 5 rings (SSSR count). The molecule has 3 heterocycles. The van der Waals surface area contributed by atoms with E-state index in [0.717, 1.165) is 9.80 Å². The summed E-state index contributed by atoms with van der Waals surface area (Å²) in [5.74, 6) is -6.32. The Balaban J connectivity index is 1.57. The van der Waals surface area contributed by atoms with Gasteiger partial charge < -0.3 is 38.5 Å². The van der Waals surface area contributed by atoms with E-state index in [0.29, 0.717) is 28.7 Å². The number of halogens is 4. The van der Waals surface area contributed by atoms with E-state index >= 15 is 9.59 Å². The molecule has 0 aliphatic carbocycles. The summed E-state index contributed by atoms with van der Waals surface area (Å²) < 4.78 is 81.7. The molecule has 2 aromatic heterocycles. The van der Waals surface area contributed by atoms with Crippen LogP contribution in [0, 0.1) is 23.7 Å². The van der Waals surface area contributed by atoms with Crippen LogP contribution < -0.4 is 0 Å². The second-order valence-corrected chi connectivity index (χ2v) is 23.9. The second kappa shape index (κ2) is 31.3. The number of rotatable bonds is 18. The molecule has 0 N–H and O–H groups in total. The van der Waals surface area contributed by atoms with Crippen molar-refractivity contribution in [2.24, 2.45) is 23.7 Å². The van der Waals surface area contributed by atoms with E-state index in [4.69, 9.17) is 18.9 Å². The maximum atomic E-state index is 15.0. The predicted octanol–water partition coefficient (Wildman–Crippen LogP) is 8.50. The molecule has 19 nitrogen and oxygen atoms in total. The van der Waals surface area contributed by atoms with Gasteiger partial charge in [-0.2, -0.15) is 10.2 Å². The number of aromatic nitrogens is 4. The zero-order chi connectivity index (χ0) is 63.1. The van der Waals surface area contributed by atoms with Gasteiger partial charge in [0.25, 0.3) is 36.5 Å². The molecule has 1 fully saturated rings. The number of hydrogen-bond acceptors (Lipinski definition) is 13. The van der Waals surface area contributed by atoms with Crippen molar-refractivity contribution in [3.63, 3.8) is 0 Å². The normalized spacial score (nSPS) is 22.8. The fourth-order valence-electron chi connectivity index (χ4n) is 10.2. The maximum absolute atomic E-state index is 15.0. The van der Waals surface area contributed by atoms with E-state index in [-0.39, 0.29) is 86.9 Å². The van der Waals surface area contributed by atoms with Gasteiger partial charge in [0.15, 0.2) is 18.3 Å². The van der Waals surface area contributed by atoms with Crippen molar-refractivity contribution in [1.29, 1.82) is 0 Å². The fourth-order valence-corrected chi connectivity index (χ4v) is 10.2. The monoisotopic (exact) mass is 1190 g/mol. The third-order valence-corrected chi connectivity index (χ3v) is 15.1. The van der Waals surface area contributed by atoms with Crippen molar-refractivity contribution in [2.45, 2.75) is 182 Å². The summed E-state index contributed by atoms with van der Waals surface area (Å²) in [6.07, 6.45) is -8.48. The summed E-state index contributed by atoms with van der Waals surface area (Å²) in [5.41, 5.74) is 1.83. The van der Waals surface area contributed by atoms with Crippen molar-refractivity contribution in [1.82, 2.24) is 39.2 Å². The van der Waals surface area contributed by atoms with Gasteiger partial charge in [0, 0.05) is 53.4 Å². The molecule has 0 saturated carbocycles. The highest BCUT2D eigenvalue weighted by Crippen LogP contribution is 2.26. The number of nitrogens with zero attached hydrogens (tertiary/aromatic N) is 8. The highest BCUT2D eigenvalue weighted by molar-refractivity contribution is 5.93. The summed E-state index contributed by atoms with van der Waals surface area (Å²) in [6, 6.07) is 11.4. The van der Waals surface area contributed by atoms with Gasteiger partial charge in [-0.05, 0) is 97.6 Å². The molecule has 2 aromatic carbocycles. The van der Waals surface area contributed by atoms with Crippen molar-refractivity contribution < 1.29 is 70.1 Å². The number of benzene rings is 2. The van der Waals surface area contributed by atoms with E-state index in [1.165, 1.54) is 85.7 Å². The van der Waals surface area contributed by atoms with Crippen LogP contribution in [0.4, 0.5) is 17.6 Å². The maximum Gasteiger partial charge on any atom is 0.329 e. The summed E-state index contributed by atoms with van der Waals surface area (Å²) in [4.78, 5) is 108. The number of ether oxygens (including phenoxy) is 4. The molecule has 1 aliphatic rings. The van der Waals surface area contributed by atoms with Crippen molar-refractivity contribution in [3.8, 4) is 0 Å². The number of alkyl halides is 4. The highest BCUT2D eigenvalue weighted by Gasteiger charge is 2.42. The minimum Gasteiger partial charge on any atom is -0.451 e. The van der Waals surface area contributed by atoms with Crippen LogP contribution >= 0.6 is 0 Å². The molecule has 1 aliphatic heterocycles. The van der Waals surface area contributed by atoms with Gasteiger partial charge in [0.2, 0.25) is 0 Å². The first-order chi connectivity index (χ1) is 40.0. The lowest BCUT2D eigenvalue weighted by molar-refractivity contribution is -0.174. The highest BCUT2D eigenvalue weighted by atomic mass is 19.3. The number of amides is 4. The molecule has 0 radical (unpaired) electrons. The van der Waals surface area contributed by atoms with E-state index < -0.39 is 103 Å². The van der Waals surface area contributed by atoms with Crippen molar-refractivity contribution >= 4 is 41.5 Å². The molecule has 23 heteroatoms. The Hall–Kier alpha value is -7.17. The van der Waals surface area contributed by atoms with Gasteiger partial charge in [0.05, 0.1) is 25.7 Å². The molecule has 1 saturated heterocycles. The Morgan fingerprint density at radius 2 is 0.776 bits per heavy atom. The van der Waals surface area contributed by atoms with Crippen LogP contribution in [0.25, 0.3) is 0 Å². The summed E-state index contributed by atoms with van der Waals surface area (Å²) in [7, 11) is 5.67. The number of carbonyl (C=O) groups excluding carboxylic acids is 7. The standard InChI is InChI=1S/C62H86F4N8O11/c1-36(2)27-46-35-82-52(31-42-15-19-44(20-16-42)33-73-47(54(63)64)23-25-67-73)58(77)71(13)49(28-37(3)4)60(79)84-41(10)57(76)70(12)51(30-39(7)8)62(81)85-53(32-43-17-21-45(22-18-43)34-74-48(55(65)66)24-26-68-74)59(78)72(14)50(29-38(5)6)61(80)83-40(9)56(75)69(46)11/h15-26,36-41,46,49-55H,27-35H2,1-14H3/t40-,41-,46+,49+,50+,51+,52-,53-/m1/s1. The van der Waals surface area contributed by atoms with E-state index in [2.05, 4.69) is 10.2 Å². The molecular weight excluding hydrogens is 1110 g/mol. The third-order valence-electron chi connectivity index (χ3n) is 15.1. The topological polar surface area (TPSA) is 205 Å². The Morgan fingerprint density at radius 3 is 1.15 bits per heavy atom. The lowest BCUT2D eigenvalue weighted by Crippen LogP contribution is -2.54. The molecule has 85 heavy (non-hydrogen) atoms. The van der Waals surface area contributed by atoms with E-state index in [1.54, 1.807) is 48.5 Å². The van der Waals surface area contributed by atoms with Gasteiger partial charge >= 0.3 is 17.9 Å². The summed E-state index contributed by atoms with van der Waals surface area (Å²) in [5, 5.41) is 8.06. The average Bonchev–Trinajstić information content (AvgIpc) is 4.30. The number of esters is 3. The lowest BCUT2D eigenvalue weighted by Gasteiger charge is -2.36. The number of hydrogen-bond donors (Lipinski definition) is 0. The largest absolute Gasteiger partial charge is 0.451 e. The zero-order valence-corrected chi connectivity index (χ0v) is 51.5. The molecule has 4 amide bonds. The molecule has 8 atom stereocenters. The Labute approximate surface area is 496 Å². The molecule has 0 bridgehead atoms. The predicted molar refractivity (Wildman–Crippen MR) is 308 cm³/mol. The smallest absolute Gasteiger partial charge is 0.329 e. The minimum atomic E-state index is -2.76. The first-order valence-electron chi connectivity index (χ1n) is 29.0. The second-order valence-electron chi connectivity index (χ2n) is 23.9. The average molecular weight is 1200 g/mol. The van der Waals surface area contributed by atoms with Crippen LogP contribution in [-0.2, 0) is 78.4 Å². The van der Waals surface area contributed by atoms with Crippen LogP contribution in [0.2, 0.25) is 0 Å². The first kappa shape index (κ1) is 68.6. The molecule has 468 valence electrons. The number of likely N-dealkylation sites (N-methyl/N-ethyl adjacent to an activating group) is 4. The molecular formula is C62H86F4N8O11. The molecule has 0 spiro atoms. The third kappa shape index (κ3) is 19.2. The Morgan fingerprint density at radius 1 is 0.447 bits per heavy atom. The quantitative estimate of drug-likeness (QED) is 0.0521. The summed E-state index contributed by atoms with van der Waals surface area (Å²) in [6.45, 7) is 17.5. The Kier molecular flexibility index (Phi) is 25.3. The van der Waals surface area contributed by atoms with E-state index in [9.17, 15) is 41.5 Å². The van der Waals surface area contributed by atoms with Gasteiger partial charge in [-0.3, -0.25) is 28.5 Å². The molecule has 0 unspecified atom stereocenters. The van der Waals surface area contributed by atoms with Crippen LogP contribution in [0.15, 0.2) is 73.1 Å². The Bertz CT molecular complexity index is 2860. The first-order valence-corrected chi connectivity index (χ1v) is 29.0. The van der Waals surface area contributed by atoms with Crippen molar-refractivity contribution in [2.75, 3.05) is 34.8 Å². The number of cyclic esters (lactones) is 3. The SMILES string of the molecule is CC(C)C[C@H]1CO[C@H](Cc2ccc(Cn3nccc3C(F)F)cc2)C(=O)N(C)[C@@H](CC(C)C)C(=O)O[C@H](C)C(=O)N(C)[C@@H](CC(C)C)C(=O)O[C@H](Cc2ccc(Cn3nccc3C(F)F)cc2)C(=O)N(C)[C@@H](CC(C)C)C(=O)O[C@H](C)C(=O)N1C. The van der Waals surface area contributed by atoms with Crippen LogP contribution in [0.3, 0.4) is 0 Å². The van der Waals surface area contributed by atoms with Gasteiger partial charge in [-0.1, -0.05) is 104 Å². The lowest BCUT2D eigenvalue weighted by atomic mass is 9.99. The zero-order valence-electron chi connectivity index (χ0n) is 51.5. The van der Waals surface area contributed by atoms with Crippen LogP contribution in [0.1, 0.15) is 141 Å². The van der Waals surface area contributed by atoms with Crippen molar-refractivity contribution in [3.05, 3.63) is 107 Å². The van der Waals surface area contributed by atoms with Gasteiger partial charge in [-0.15, -0.1) is 0 Å². The molecule has 4 aromatic rings. The fraction of sp³-hybridized carbons (Fsp3) is 0.597. The summed E-state index contributed by atoms with van der Waals surface area (Å²) >= 11 is 0. The van der Waals surface area contributed by atoms with Crippen LogP contribution in [-0.4, -0.2) is 164 Å². The van der Waals surface area contributed by atoms with E-state index in [1.807, 2.05) is 55.4 Å². The minimum absolute atomic E-state index is 0.0111. The van der Waals surface area contributed by atoms with Gasteiger partial charge in [-0.25, -0.2) is 31.9 Å². The number of carbonyl (C=O) groups is 7. The van der Waals surface area contributed by atoms with Crippen LogP contribution in [0.5, 0.6) is 0 Å².